The Morgan fingerprint density at radius 1 is 1.21 bits per heavy atom. The molecule has 0 amide bonds. The van der Waals surface area contributed by atoms with E-state index in [1.54, 1.807) is 12.3 Å². The number of carboxylic acid groups (broad SMARTS) is 1. The molecule has 0 fully saturated rings. The monoisotopic (exact) mass is 254 g/mol. The summed E-state index contributed by atoms with van der Waals surface area (Å²) in [5.74, 6) is -0.939. The van der Waals surface area contributed by atoms with Crippen LogP contribution in [0.1, 0.15) is 22.3 Å². The van der Waals surface area contributed by atoms with E-state index in [2.05, 4.69) is 16.0 Å². The van der Waals surface area contributed by atoms with Gasteiger partial charge in [0.05, 0.1) is 5.69 Å². The van der Waals surface area contributed by atoms with Crippen LogP contribution in [0.25, 0.3) is 0 Å². The molecular weight excluding hydrogens is 240 g/mol. The van der Waals surface area contributed by atoms with E-state index in [0.29, 0.717) is 0 Å². The van der Waals surface area contributed by atoms with Crippen LogP contribution >= 0.6 is 0 Å². The first-order chi connectivity index (χ1) is 9.27. The van der Waals surface area contributed by atoms with E-state index in [1.807, 2.05) is 18.2 Å². The molecule has 2 heterocycles. The summed E-state index contributed by atoms with van der Waals surface area (Å²) in [4.78, 5) is 17.3. The predicted molar refractivity (Wildman–Crippen MR) is 73.0 cm³/mol. The van der Waals surface area contributed by atoms with Crippen molar-refractivity contribution < 1.29 is 9.90 Å². The fourth-order valence-electron chi connectivity index (χ4n) is 2.57. The molecule has 4 nitrogen and oxygen atoms in total. The lowest BCUT2D eigenvalue weighted by Crippen LogP contribution is -2.26. The maximum absolute atomic E-state index is 11.3. The molecule has 0 unspecified atom stereocenters. The summed E-state index contributed by atoms with van der Waals surface area (Å²) in [5, 5.41) is 9.28. The number of aromatic carboxylic acids is 1. The number of fused-ring (bicyclic) bond motifs is 1. The van der Waals surface area contributed by atoms with Gasteiger partial charge in [0.25, 0.3) is 0 Å². The fraction of sp³-hybridized carbons (Fsp3) is 0.200. The van der Waals surface area contributed by atoms with Gasteiger partial charge in [-0.2, -0.15) is 0 Å². The fourth-order valence-corrected chi connectivity index (χ4v) is 2.57. The molecule has 0 spiro atoms. The van der Waals surface area contributed by atoms with Crippen molar-refractivity contribution in [3.05, 3.63) is 53.9 Å². The highest BCUT2D eigenvalue weighted by molar-refractivity contribution is 5.95. The number of anilines is 2. The molecule has 0 radical (unpaired) electrons. The zero-order valence-corrected chi connectivity index (χ0v) is 10.4. The zero-order chi connectivity index (χ0) is 13.2. The highest BCUT2D eigenvalue weighted by atomic mass is 16.4. The van der Waals surface area contributed by atoms with Crippen molar-refractivity contribution in [2.45, 2.75) is 12.8 Å². The molecule has 4 heteroatoms. The Morgan fingerprint density at radius 2 is 2.05 bits per heavy atom. The van der Waals surface area contributed by atoms with Crippen molar-refractivity contribution in [1.82, 2.24) is 4.98 Å². The van der Waals surface area contributed by atoms with Gasteiger partial charge in [0, 0.05) is 24.6 Å². The number of hydrogen-bond donors (Lipinski definition) is 1. The number of aryl methyl sites for hydroxylation is 1. The molecule has 2 aromatic rings. The van der Waals surface area contributed by atoms with Gasteiger partial charge >= 0.3 is 5.97 Å². The van der Waals surface area contributed by atoms with Crippen LogP contribution < -0.4 is 4.90 Å². The number of pyridine rings is 1. The Bertz CT molecular complexity index is 625. The molecule has 3 rings (SSSR count). The Labute approximate surface area is 111 Å². The molecule has 0 aliphatic carbocycles. The molecule has 1 aromatic carbocycles. The summed E-state index contributed by atoms with van der Waals surface area (Å²) in [6.45, 7) is 0.835. The van der Waals surface area contributed by atoms with Crippen LogP contribution in [-0.4, -0.2) is 22.6 Å². The van der Waals surface area contributed by atoms with E-state index in [0.717, 1.165) is 30.8 Å². The highest BCUT2D eigenvalue weighted by Crippen LogP contribution is 2.34. The zero-order valence-electron chi connectivity index (χ0n) is 10.4. The van der Waals surface area contributed by atoms with Crippen LogP contribution in [0.3, 0.4) is 0 Å². The number of hydrogen-bond acceptors (Lipinski definition) is 3. The third kappa shape index (κ3) is 2.05. The minimum Gasteiger partial charge on any atom is -0.478 e. The van der Waals surface area contributed by atoms with Gasteiger partial charge in [-0.05, 0) is 30.5 Å². The van der Waals surface area contributed by atoms with Crippen molar-refractivity contribution >= 4 is 17.3 Å². The van der Waals surface area contributed by atoms with Crippen LogP contribution in [-0.2, 0) is 6.42 Å². The van der Waals surface area contributed by atoms with Crippen LogP contribution in [0.2, 0.25) is 0 Å². The number of carbonyl (C=O) groups is 1. The van der Waals surface area contributed by atoms with Crippen molar-refractivity contribution in [2.75, 3.05) is 11.4 Å². The van der Waals surface area contributed by atoms with E-state index in [-0.39, 0.29) is 5.56 Å². The second-order valence-corrected chi connectivity index (χ2v) is 4.58. The molecule has 0 atom stereocenters. The minimum absolute atomic E-state index is 0.249. The molecule has 1 aromatic heterocycles. The smallest absolute Gasteiger partial charge is 0.339 e. The quantitative estimate of drug-likeness (QED) is 0.895. The minimum atomic E-state index is -0.939. The van der Waals surface area contributed by atoms with Gasteiger partial charge in [0.1, 0.15) is 5.56 Å². The molecule has 96 valence electrons. The van der Waals surface area contributed by atoms with Crippen molar-refractivity contribution in [3.63, 3.8) is 0 Å². The van der Waals surface area contributed by atoms with Gasteiger partial charge in [0.15, 0.2) is 0 Å². The lowest BCUT2D eigenvalue weighted by molar-refractivity contribution is 0.0697. The number of nitrogens with zero attached hydrogens (tertiary/aromatic N) is 2. The van der Waals surface area contributed by atoms with Crippen molar-refractivity contribution in [3.8, 4) is 0 Å². The SMILES string of the molecule is O=C(O)c1cnccc1N1CCCc2ccccc21. The van der Waals surface area contributed by atoms with E-state index < -0.39 is 5.97 Å². The standard InChI is InChI=1S/C15H14N2O2/c18-15(19)12-10-16-8-7-14(12)17-9-3-5-11-4-1-2-6-13(11)17/h1-2,4,6-8,10H,3,5,9H2,(H,18,19). The van der Waals surface area contributed by atoms with Crippen LogP contribution in [0, 0.1) is 0 Å². The second-order valence-electron chi connectivity index (χ2n) is 4.58. The van der Waals surface area contributed by atoms with E-state index in [1.165, 1.54) is 11.8 Å². The third-order valence-electron chi connectivity index (χ3n) is 3.43. The number of rotatable bonds is 2. The molecule has 1 N–H and O–H groups in total. The summed E-state index contributed by atoms with van der Waals surface area (Å²) in [6.07, 6.45) is 5.12. The van der Waals surface area contributed by atoms with Crippen LogP contribution in [0.15, 0.2) is 42.7 Å². The van der Waals surface area contributed by atoms with Crippen LogP contribution in [0.5, 0.6) is 0 Å². The van der Waals surface area contributed by atoms with Crippen molar-refractivity contribution in [1.29, 1.82) is 0 Å². The normalized spacial score (nSPS) is 14.0. The number of aromatic nitrogens is 1. The average Bonchev–Trinajstić information content (AvgIpc) is 2.46. The highest BCUT2D eigenvalue weighted by Gasteiger charge is 2.22. The van der Waals surface area contributed by atoms with Gasteiger partial charge in [-0.1, -0.05) is 18.2 Å². The molecule has 1 aliphatic rings. The molecule has 0 saturated carbocycles. The summed E-state index contributed by atoms with van der Waals surface area (Å²) >= 11 is 0. The largest absolute Gasteiger partial charge is 0.478 e. The maximum Gasteiger partial charge on any atom is 0.339 e. The van der Waals surface area contributed by atoms with E-state index in [4.69, 9.17) is 0 Å². The van der Waals surface area contributed by atoms with Gasteiger partial charge in [-0.15, -0.1) is 0 Å². The maximum atomic E-state index is 11.3. The number of benzene rings is 1. The molecular formula is C15H14N2O2. The first-order valence-electron chi connectivity index (χ1n) is 6.30. The molecule has 19 heavy (non-hydrogen) atoms. The first kappa shape index (κ1) is 11.7. The van der Waals surface area contributed by atoms with Crippen LogP contribution in [0.4, 0.5) is 11.4 Å². The summed E-state index contributed by atoms with van der Waals surface area (Å²) in [6, 6.07) is 9.92. The Kier molecular flexibility index (Phi) is 2.91. The van der Waals surface area contributed by atoms with Gasteiger partial charge in [0.2, 0.25) is 0 Å². The molecule has 1 aliphatic heterocycles. The molecule has 0 bridgehead atoms. The third-order valence-corrected chi connectivity index (χ3v) is 3.43. The van der Waals surface area contributed by atoms with Gasteiger partial charge < -0.3 is 10.0 Å². The van der Waals surface area contributed by atoms with Gasteiger partial charge in [-0.25, -0.2) is 4.79 Å². The molecule has 0 saturated heterocycles. The van der Waals surface area contributed by atoms with Crippen molar-refractivity contribution in [2.24, 2.45) is 0 Å². The van der Waals surface area contributed by atoms with Gasteiger partial charge in [-0.3, -0.25) is 4.98 Å². The topological polar surface area (TPSA) is 53.4 Å². The number of para-hydroxylation sites is 1. The Hall–Kier alpha value is -2.36. The van der Waals surface area contributed by atoms with E-state index >= 15 is 0 Å². The predicted octanol–water partition coefficient (Wildman–Crippen LogP) is 2.86. The average molecular weight is 254 g/mol. The lowest BCUT2D eigenvalue weighted by atomic mass is 10.0. The second kappa shape index (κ2) is 4.72. The summed E-state index contributed by atoms with van der Waals surface area (Å²) < 4.78 is 0. The summed E-state index contributed by atoms with van der Waals surface area (Å²) in [5.41, 5.74) is 3.33. The van der Waals surface area contributed by atoms with E-state index in [9.17, 15) is 9.90 Å². The first-order valence-corrected chi connectivity index (χ1v) is 6.30. The number of carboxylic acids is 1. The summed E-state index contributed by atoms with van der Waals surface area (Å²) in [7, 11) is 0. The Balaban J connectivity index is 2.12. The lowest BCUT2D eigenvalue weighted by Gasteiger charge is -2.32. The Morgan fingerprint density at radius 3 is 2.89 bits per heavy atom.